The van der Waals surface area contributed by atoms with Gasteiger partial charge < -0.3 is 14.5 Å². The van der Waals surface area contributed by atoms with Gasteiger partial charge in [-0.05, 0) is 78.4 Å². The van der Waals surface area contributed by atoms with Crippen molar-refractivity contribution in [2.75, 3.05) is 12.4 Å². The third-order valence-corrected chi connectivity index (χ3v) is 7.81. The number of esters is 1. The predicted molar refractivity (Wildman–Crippen MR) is 127 cm³/mol. The quantitative estimate of drug-likeness (QED) is 0.461. The minimum Gasteiger partial charge on any atom is -0.452 e. The zero-order valence-corrected chi connectivity index (χ0v) is 20.5. The van der Waals surface area contributed by atoms with E-state index in [0.29, 0.717) is 10.5 Å². The topological polar surface area (TPSA) is 66.9 Å². The molecule has 1 aromatic carbocycles. The molecule has 1 aromatic rings. The number of amides is 2. The van der Waals surface area contributed by atoms with Gasteiger partial charge in [-0.1, -0.05) is 12.1 Å². The minimum atomic E-state index is -0.522. The number of hydrogen-bond donors (Lipinski definition) is 0. The molecule has 3 rings (SSSR count). The van der Waals surface area contributed by atoms with Gasteiger partial charge in [0.15, 0.2) is 6.61 Å². The molecular weight excluding hydrogens is 424 g/mol. The zero-order valence-electron chi connectivity index (χ0n) is 19.7. The molecule has 4 atom stereocenters. The third kappa shape index (κ3) is 5.85. The Balaban J connectivity index is 1.59. The maximum Gasteiger partial charge on any atom is 0.339 e. The van der Waals surface area contributed by atoms with Crippen LogP contribution in [0.5, 0.6) is 0 Å². The van der Waals surface area contributed by atoms with Gasteiger partial charge in [-0.25, -0.2) is 4.79 Å². The first-order chi connectivity index (χ1) is 15.3. The van der Waals surface area contributed by atoms with Crippen LogP contribution in [0.1, 0.15) is 76.6 Å². The summed E-state index contributed by atoms with van der Waals surface area (Å²) in [5, 5.41) is 0. The van der Waals surface area contributed by atoms with Gasteiger partial charge in [-0.2, -0.15) is 0 Å². The maximum atomic E-state index is 12.9. The fraction of sp³-hybridized carbons (Fsp3) is 0.640. The standard InChI is InChI=1S/C25H36N2O4S/c1-17-9-7-10-18(2)26(17)23(28)15-31-25(30)21-13-5-6-14-22(21)32-16-24(29)27-19(3)11-8-12-20(27)4/h5-6,13-14,17-20H,7-12,15-16H2,1-4H3. The van der Waals surface area contributed by atoms with Crippen LogP contribution >= 0.6 is 11.8 Å². The van der Waals surface area contributed by atoms with Gasteiger partial charge in [0.25, 0.3) is 5.91 Å². The van der Waals surface area contributed by atoms with Crippen molar-refractivity contribution in [3.8, 4) is 0 Å². The molecule has 0 aromatic heterocycles. The highest BCUT2D eigenvalue weighted by atomic mass is 32.2. The number of piperidine rings is 2. The van der Waals surface area contributed by atoms with Gasteiger partial charge in [0.2, 0.25) is 5.91 Å². The summed E-state index contributed by atoms with van der Waals surface area (Å²) < 4.78 is 5.40. The normalized spacial score (nSPS) is 26.0. The van der Waals surface area contributed by atoms with Gasteiger partial charge in [-0.15, -0.1) is 11.8 Å². The molecule has 0 aliphatic carbocycles. The highest BCUT2D eigenvalue weighted by molar-refractivity contribution is 8.00. The lowest BCUT2D eigenvalue weighted by Gasteiger charge is -2.39. The Bertz CT molecular complexity index is 810. The Labute approximate surface area is 196 Å². The summed E-state index contributed by atoms with van der Waals surface area (Å²) in [6, 6.07) is 7.96. The second-order valence-corrected chi connectivity index (χ2v) is 10.2. The first-order valence-electron chi connectivity index (χ1n) is 11.8. The van der Waals surface area contributed by atoms with Gasteiger partial charge in [-0.3, -0.25) is 9.59 Å². The molecule has 2 saturated heterocycles. The Kier molecular flexibility index (Phi) is 8.63. The number of nitrogens with zero attached hydrogens (tertiary/aromatic N) is 2. The summed E-state index contributed by atoms with van der Waals surface area (Å²) in [6.07, 6.45) is 6.29. The van der Waals surface area contributed by atoms with Crippen molar-refractivity contribution in [2.24, 2.45) is 0 Å². The Hall–Kier alpha value is -2.02. The van der Waals surface area contributed by atoms with Crippen LogP contribution in [0.2, 0.25) is 0 Å². The molecule has 2 aliphatic rings. The van der Waals surface area contributed by atoms with E-state index in [2.05, 4.69) is 13.8 Å². The molecule has 7 heteroatoms. The van der Waals surface area contributed by atoms with Gasteiger partial charge >= 0.3 is 5.97 Å². The molecule has 0 N–H and O–H groups in total. The fourth-order valence-corrected chi connectivity index (χ4v) is 5.99. The van der Waals surface area contributed by atoms with Crippen LogP contribution in [0.3, 0.4) is 0 Å². The average molecular weight is 461 g/mol. The highest BCUT2D eigenvalue weighted by Gasteiger charge is 2.30. The highest BCUT2D eigenvalue weighted by Crippen LogP contribution is 2.28. The van der Waals surface area contributed by atoms with Crippen molar-refractivity contribution in [1.29, 1.82) is 0 Å². The predicted octanol–water partition coefficient (Wildman–Crippen LogP) is 4.51. The van der Waals surface area contributed by atoms with E-state index in [9.17, 15) is 14.4 Å². The van der Waals surface area contributed by atoms with Crippen LogP contribution in [0.4, 0.5) is 0 Å². The van der Waals surface area contributed by atoms with Crippen molar-refractivity contribution in [3.63, 3.8) is 0 Å². The molecular formula is C25H36N2O4S. The molecule has 2 heterocycles. The summed E-state index contributed by atoms with van der Waals surface area (Å²) in [5.41, 5.74) is 0.401. The molecule has 4 unspecified atom stereocenters. The Morgan fingerprint density at radius 3 is 1.91 bits per heavy atom. The SMILES string of the molecule is CC1CCCC(C)N1C(=O)COC(=O)c1ccccc1SCC(=O)N1C(C)CCCC1C. The van der Waals surface area contributed by atoms with Gasteiger partial charge in [0, 0.05) is 29.1 Å². The molecule has 176 valence electrons. The zero-order chi connectivity index (χ0) is 23.3. The minimum absolute atomic E-state index is 0.0983. The number of rotatable bonds is 6. The van der Waals surface area contributed by atoms with Crippen LogP contribution in [-0.4, -0.2) is 64.1 Å². The number of carbonyl (C=O) groups excluding carboxylic acids is 3. The fourth-order valence-electron chi connectivity index (χ4n) is 5.08. The third-order valence-electron chi connectivity index (χ3n) is 6.75. The van der Waals surface area contributed by atoms with Crippen molar-refractivity contribution in [3.05, 3.63) is 29.8 Å². The van der Waals surface area contributed by atoms with Crippen LogP contribution in [0, 0.1) is 0 Å². The van der Waals surface area contributed by atoms with Crippen molar-refractivity contribution >= 4 is 29.5 Å². The van der Waals surface area contributed by atoms with Crippen molar-refractivity contribution in [2.45, 2.75) is 95.3 Å². The van der Waals surface area contributed by atoms with E-state index < -0.39 is 5.97 Å². The number of carbonyl (C=O) groups is 3. The largest absolute Gasteiger partial charge is 0.452 e. The van der Waals surface area contributed by atoms with E-state index in [1.165, 1.54) is 11.8 Å². The first kappa shape index (κ1) is 24.6. The lowest BCUT2D eigenvalue weighted by molar-refractivity contribution is -0.140. The van der Waals surface area contributed by atoms with Crippen LogP contribution < -0.4 is 0 Å². The van der Waals surface area contributed by atoms with Crippen LogP contribution in [0.15, 0.2) is 29.2 Å². The second kappa shape index (κ2) is 11.2. The molecule has 0 spiro atoms. The molecule has 2 aliphatic heterocycles. The number of benzene rings is 1. The molecule has 6 nitrogen and oxygen atoms in total. The molecule has 32 heavy (non-hydrogen) atoms. The number of likely N-dealkylation sites (tertiary alicyclic amines) is 2. The molecule has 0 radical (unpaired) electrons. The van der Waals surface area contributed by atoms with Crippen molar-refractivity contribution in [1.82, 2.24) is 9.80 Å². The van der Waals surface area contributed by atoms with Crippen LogP contribution in [-0.2, 0) is 14.3 Å². The Morgan fingerprint density at radius 1 is 0.844 bits per heavy atom. The lowest BCUT2D eigenvalue weighted by Crippen LogP contribution is -2.49. The summed E-state index contributed by atoms with van der Waals surface area (Å²) in [6.45, 7) is 8.04. The lowest BCUT2D eigenvalue weighted by atomic mass is 9.97. The van der Waals surface area contributed by atoms with Gasteiger partial charge in [0.1, 0.15) is 0 Å². The monoisotopic (exact) mass is 460 g/mol. The summed E-state index contributed by atoms with van der Waals surface area (Å²) in [5.74, 6) is -0.292. The molecule has 0 bridgehead atoms. The van der Waals surface area contributed by atoms with Crippen LogP contribution in [0.25, 0.3) is 0 Å². The van der Waals surface area contributed by atoms with E-state index in [4.69, 9.17) is 4.74 Å². The summed E-state index contributed by atoms with van der Waals surface area (Å²) in [7, 11) is 0. The average Bonchev–Trinajstić information content (AvgIpc) is 2.76. The number of thioether (sulfide) groups is 1. The Morgan fingerprint density at radius 2 is 1.34 bits per heavy atom. The summed E-state index contributed by atoms with van der Waals surface area (Å²) in [4.78, 5) is 42.8. The van der Waals surface area contributed by atoms with E-state index in [1.54, 1.807) is 12.1 Å². The van der Waals surface area contributed by atoms with Gasteiger partial charge in [0.05, 0.1) is 11.3 Å². The summed E-state index contributed by atoms with van der Waals surface area (Å²) >= 11 is 1.36. The van der Waals surface area contributed by atoms with E-state index in [0.717, 1.165) is 38.5 Å². The molecule has 2 amide bonds. The number of hydrogen-bond acceptors (Lipinski definition) is 5. The number of ether oxygens (including phenoxy) is 1. The maximum absolute atomic E-state index is 12.9. The van der Waals surface area contributed by atoms with E-state index >= 15 is 0 Å². The second-order valence-electron chi connectivity index (χ2n) is 9.22. The van der Waals surface area contributed by atoms with E-state index in [1.807, 2.05) is 35.8 Å². The first-order valence-corrected chi connectivity index (χ1v) is 12.8. The molecule has 2 fully saturated rings. The smallest absolute Gasteiger partial charge is 0.339 e. The molecule has 0 saturated carbocycles. The van der Waals surface area contributed by atoms with E-state index in [-0.39, 0.29) is 48.3 Å². The van der Waals surface area contributed by atoms with Crippen molar-refractivity contribution < 1.29 is 19.1 Å².